The predicted molar refractivity (Wildman–Crippen MR) is 38.0 cm³/mol. The van der Waals surface area contributed by atoms with E-state index in [1.54, 1.807) is 0 Å². The van der Waals surface area contributed by atoms with Crippen LogP contribution in [0.15, 0.2) is 5.16 Å². The van der Waals surface area contributed by atoms with E-state index in [4.69, 9.17) is 15.1 Å². The van der Waals surface area contributed by atoms with E-state index in [1.165, 1.54) is 0 Å². The minimum Gasteiger partial charge on any atom is -0.411 e. The summed E-state index contributed by atoms with van der Waals surface area (Å²) in [5, 5.41) is 37.8. The minimum absolute atomic E-state index is 0.381. The third-order valence-corrected chi connectivity index (χ3v) is 1.79. The summed E-state index contributed by atoms with van der Waals surface area (Å²) in [4.78, 5) is 0. The average Bonchev–Trinajstić information content (AvgIpc) is 2.33. The molecule has 70 valence electrons. The zero-order valence-electron chi connectivity index (χ0n) is 6.24. The summed E-state index contributed by atoms with van der Waals surface area (Å²) in [6.07, 6.45) is -3.01. The SMILES string of the molecule is OCC1OC(/C=N/O)C(O)C1O. The molecule has 4 atom stereocenters. The van der Waals surface area contributed by atoms with E-state index in [9.17, 15) is 10.2 Å². The zero-order valence-corrected chi connectivity index (χ0v) is 6.24. The minimum atomic E-state index is -1.15. The smallest absolute Gasteiger partial charge is 0.125 e. The van der Waals surface area contributed by atoms with Crippen molar-refractivity contribution in [3.63, 3.8) is 0 Å². The van der Waals surface area contributed by atoms with Crippen LogP contribution in [0.25, 0.3) is 0 Å². The molecule has 4 N–H and O–H groups in total. The summed E-state index contributed by atoms with van der Waals surface area (Å²) in [6.45, 7) is -0.381. The van der Waals surface area contributed by atoms with E-state index in [0.717, 1.165) is 6.21 Å². The molecule has 0 radical (unpaired) electrons. The Labute approximate surface area is 68.7 Å². The third-order valence-electron chi connectivity index (χ3n) is 1.79. The van der Waals surface area contributed by atoms with Crippen molar-refractivity contribution in [2.45, 2.75) is 24.4 Å². The summed E-state index contributed by atoms with van der Waals surface area (Å²) in [5.41, 5.74) is 0. The molecule has 1 fully saturated rings. The average molecular weight is 177 g/mol. The van der Waals surface area contributed by atoms with Crippen LogP contribution in [0.4, 0.5) is 0 Å². The molecule has 0 bridgehead atoms. The molecule has 1 aliphatic heterocycles. The van der Waals surface area contributed by atoms with Gasteiger partial charge in [0.15, 0.2) is 0 Å². The Kier molecular flexibility index (Phi) is 2.99. The van der Waals surface area contributed by atoms with Gasteiger partial charge in [-0.25, -0.2) is 0 Å². The molecule has 0 aromatic heterocycles. The molecular formula is C6H11NO5. The van der Waals surface area contributed by atoms with Crippen LogP contribution in [0.5, 0.6) is 0 Å². The van der Waals surface area contributed by atoms with Crippen molar-refractivity contribution >= 4 is 6.21 Å². The monoisotopic (exact) mass is 177 g/mol. The first-order valence-electron chi connectivity index (χ1n) is 3.50. The molecule has 1 rings (SSSR count). The number of oxime groups is 1. The normalized spacial score (nSPS) is 42.6. The highest BCUT2D eigenvalue weighted by atomic mass is 16.6. The Morgan fingerprint density at radius 1 is 1.33 bits per heavy atom. The molecule has 0 aromatic carbocycles. The quantitative estimate of drug-likeness (QED) is 0.220. The first-order chi connectivity index (χ1) is 5.70. The molecule has 1 heterocycles. The molecule has 1 saturated heterocycles. The number of hydrogen-bond acceptors (Lipinski definition) is 6. The second-order valence-electron chi connectivity index (χ2n) is 2.57. The molecule has 12 heavy (non-hydrogen) atoms. The Balaban J connectivity index is 2.60. The summed E-state index contributed by atoms with van der Waals surface area (Å²) in [6, 6.07) is 0. The van der Waals surface area contributed by atoms with Crippen molar-refractivity contribution in [3.8, 4) is 0 Å². The lowest BCUT2D eigenvalue weighted by Gasteiger charge is -2.10. The van der Waals surface area contributed by atoms with Gasteiger partial charge in [0.25, 0.3) is 0 Å². The number of ether oxygens (including phenoxy) is 1. The van der Waals surface area contributed by atoms with E-state index in [-0.39, 0.29) is 6.61 Å². The summed E-state index contributed by atoms with van der Waals surface area (Å²) < 4.78 is 4.92. The maximum Gasteiger partial charge on any atom is 0.125 e. The number of aliphatic hydroxyl groups excluding tert-OH is 3. The largest absolute Gasteiger partial charge is 0.411 e. The van der Waals surface area contributed by atoms with Crippen LogP contribution in [0.2, 0.25) is 0 Å². The van der Waals surface area contributed by atoms with Gasteiger partial charge in [-0.1, -0.05) is 5.16 Å². The van der Waals surface area contributed by atoms with Crippen molar-refractivity contribution in [1.29, 1.82) is 0 Å². The first kappa shape index (κ1) is 9.40. The highest BCUT2D eigenvalue weighted by molar-refractivity contribution is 5.64. The fourth-order valence-electron chi connectivity index (χ4n) is 1.12. The van der Waals surface area contributed by atoms with Gasteiger partial charge in [0.05, 0.1) is 12.8 Å². The fraction of sp³-hybridized carbons (Fsp3) is 0.833. The van der Waals surface area contributed by atoms with Gasteiger partial charge in [0.2, 0.25) is 0 Å². The molecular weight excluding hydrogens is 166 g/mol. The van der Waals surface area contributed by atoms with Crippen LogP contribution in [0.3, 0.4) is 0 Å². The molecule has 0 spiro atoms. The second kappa shape index (κ2) is 3.81. The molecule has 6 heteroatoms. The van der Waals surface area contributed by atoms with Crippen LogP contribution in [-0.4, -0.2) is 57.8 Å². The number of hydrogen-bond donors (Lipinski definition) is 4. The Bertz CT molecular complexity index is 173. The summed E-state index contributed by atoms with van der Waals surface area (Å²) in [5.74, 6) is 0. The van der Waals surface area contributed by atoms with Gasteiger partial charge in [0, 0.05) is 0 Å². The van der Waals surface area contributed by atoms with Gasteiger partial charge in [-0.15, -0.1) is 0 Å². The Morgan fingerprint density at radius 2 is 2.00 bits per heavy atom. The van der Waals surface area contributed by atoms with Crippen LogP contribution in [-0.2, 0) is 4.74 Å². The van der Waals surface area contributed by atoms with Gasteiger partial charge in [-0.05, 0) is 0 Å². The van der Waals surface area contributed by atoms with Gasteiger partial charge < -0.3 is 25.3 Å². The zero-order chi connectivity index (χ0) is 9.14. The number of nitrogens with zero attached hydrogens (tertiary/aromatic N) is 1. The van der Waals surface area contributed by atoms with Crippen LogP contribution in [0.1, 0.15) is 0 Å². The topological polar surface area (TPSA) is 103 Å². The molecule has 6 nitrogen and oxygen atoms in total. The first-order valence-corrected chi connectivity index (χ1v) is 3.50. The molecule has 0 amide bonds. The van der Waals surface area contributed by atoms with E-state index in [0.29, 0.717) is 0 Å². The molecule has 0 saturated carbocycles. The summed E-state index contributed by atoms with van der Waals surface area (Å²) in [7, 11) is 0. The van der Waals surface area contributed by atoms with Gasteiger partial charge >= 0.3 is 0 Å². The van der Waals surface area contributed by atoms with Crippen molar-refractivity contribution in [2.75, 3.05) is 6.61 Å². The Hall–Kier alpha value is -0.690. The Morgan fingerprint density at radius 3 is 2.42 bits per heavy atom. The van der Waals surface area contributed by atoms with E-state index >= 15 is 0 Å². The molecule has 0 aliphatic carbocycles. The molecule has 0 aromatic rings. The van der Waals surface area contributed by atoms with Gasteiger partial charge in [-0.3, -0.25) is 0 Å². The third kappa shape index (κ3) is 1.56. The fourth-order valence-corrected chi connectivity index (χ4v) is 1.12. The van der Waals surface area contributed by atoms with E-state index < -0.39 is 24.4 Å². The lowest BCUT2D eigenvalue weighted by Crippen LogP contribution is -2.34. The van der Waals surface area contributed by atoms with Crippen molar-refractivity contribution < 1.29 is 25.3 Å². The summed E-state index contributed by atoms with van der Waals surface area (Å²) >= 11 is 0. The van der Waals surface area contributed by atoms with Crippen LogP contribution < -0.4 is 0 Å². The number of rotatable bonds is 2. The number of aliphatic hydroxyl groups is 3. The van der Waals surface area contributed by atoms with Crippen LogP contribution in [0, 0.1) is 0 Å². The van der Waals surface area contributed by atoms with Crippen molar-refractivity contribution in [3.05, 3.63) is 0 Å². The van der Waals surface area contributed by atoms with E-state index in [2.05, 4.69) is 5.16 Å². The standard InChI is InChI=1S/C6H11NO5/c8-2-4-6(10)5(9)3(12-4)1-7-11/h1,3-6,8-11H,2H2/b7-1+. The van der Waals surface area contributed by atoms with Crippen LogP contribution >= 0.6 is 0 Å². The lowest BCUT2D eigenvalue weighted by molar-refractivity contribution is -0.00975. The molecule has 1 aliphatic rings. The lowest BCUT2D eigenvalue weighted by atomic mass is 10.1. The maximum atomic E-state index is 9.20. The molecule has 4 unspecified atom stereocenters. The predicted octanol–water partition coefficient (Wildman–Crippen LogP) is -2.07. The van der Waals surface area contributed by atoms with Gasteiger partial charge in [-0.2, -0.15) is 0 Å². The maximum absolute atomic E-state index is 9.20. The highest BCUT2D eigenvalue weighted by Gasteiger charge is 2.41. The van der Waals surface area contributed by atoms with Crippen molar-refractivity contribution in [2.24, 2.45) is 5.16 Å². The van der Waals surface area contributed by atoms with Gasteiger partial charge in [0.1, 0.15) is 24.4 Å². The second-order valence-corrected chi connectivity index (χ2v) is 2.57. The van der Waals surface area contributed by atoms with E-state index in [1.807, 2.05) is 0 Å². The van der Waals surface area contributed by atoms with Crippen molar-refractivity contribution in [1.82, 2.24) is 0 Å². The highest BCUT2D eigenvalue weighted by Crippen LogP contribution is 2.19.